The number of aromatic nitrogens is 2. The van der Waals surface area contributed by atoms with Crippen LogP contribution in [-0.2, 0) is 6.54 Å². The molecular weight excluding hydrogens is 298 g/mol. The first-order chi connectivity index (χ1) is 10.7. The largest absolute Gasteiger partial charge is 0.346 e. The molecule has 0 aliphatic carbocycles. The Hall–Kier alpha value is -2.73. The molecule has 0 aliphatic rings. The van der Waals surface area contributed by atoms with Crippen LogP contribution < -0.4 is 10.9 Å². The van der Waals surface area contributed by atoms with Gasteiger partial charge in [-0.1, -0.05) is 24.3 Å². The number of para-hydroxylation sites is 1. The maximum absolute atomic E-state index is 12.2. The molecule has 1 aromatic carbocycles. The molecular formula is C16H13N3O2S. The van der Waals surface area contributed by atoms with Crippen LogP contribution >= 0.6 is 11.3 Å². The van der Waals surface area contributed by atoms with Crippen LogP contribution in [0, 0.1) is 0 Å². The van der Waals surface area contributed by atoms with Gasteiger partial charge in [-0.15, -0.1) is 11.3 Å². The molecule has 0 fully saturated rings. The molecule has 2 heterocycles. The number of thiophene rings is 1. The van der Waals surface area contributed by atoms with Crippen molar-refractivity contribution in [3.63, 3.8) is 0 Å². The summed E-state index contributed by atoms with van der Waals surface area (Å²) < 4.78 is 1.22. The average Bonchev–Trinajstić information content (AvgIpc) is 3.07. The van der Waals surface area contributed by atoms with Crippen LogP contribution in [0.5, 0.6) is 0 Å². The van der Waals surface area contributed by atoms with Gasteiger partial charge in [0, 0.05) is 10.9 Å². The molecule has 0 atom stereocenters. The molecule has 0 unspecified atom stereocenters. The first-order valence-corrected chi connectivity index (χ1v) is 7.58. The van der Waals surface area contributed by atoms with Gasteiger partial charge >= 0.3 is 0 Å². The molecule has 2 aromatic heterocycles. The molecule has 0 saturated heterocycles. The van der Waals surface area contributed by atoms with Crippen LogP contribution in [0.15, 0.2) is 64.8 Å². The first kappa shape index (κ1) is 14.2. The highest BCUT2D eigenvalue weighted by Crippen LogP contribution is 2.08. The van der Waals surface area contributed by atoms with Crippen LogP contribution in [-0.4, -0.2) is 15.7 Å². The summed E-state index contributed by atoms with van der Waals surface area (Å²) in [5.41, 5.74) is 0.557. The summed E-state index contributed by atoms with van der Waals surface area (Å²) in [4.78, 5) is 25.1. The van der Waals surface area contributed by atoms with Crippen LogP contribution in [0.3, 0.4) is 0 Å². The minimum Gasteiger partial charge on any atom is -0.346 e. The van der Waals surface area contributed by atoms with E-state index in [4.69, 9.17) is 0 Å². The molecule has 0 spiro atoms. The highest BCUT2D eigenvalue weighted by molar-refractivity contribution is 7.09. The fourth-order valence-electron chi connectivity index (χ4n) is 1.96. The Morgan fingerprint density at radius 1 is 1.09 bits per heavy atom. The lowest BCUT2D eigenvalue weighted by Gasteiger charge is -2.07. The third-order valence-corrected chi connectivity index (χ3v) is 3.91. The van der Waals surface area contributed by atoms with Crippen LogP contribution in [0.25, 0.3) is 5.69 Å². The molecule has 3 aromatic rings. The Balaban J connectivity index is 1.82. The van der Waals surface area contributed by atoms with Gasteiger partial charge in [0.2, 0.25) is 0 Å². The maximum atomic E-state index is 12.2. The van der Waals surface area contributed by atoms with Gasteiger partial charge in [-0.2, -0.15) is 9.78 Å². The van der Waals surface area contributed by atoms with E-state index in [0.29, 0.717) is 12.2 Å². The Kier molecular flexibility index (Phi) is 4.11. The SMILES string of the molecule is O=C(NCc1cccs1)c1ccc(=O)n(-c2ccccc2)n1. The summed E-state index contributed by atoms with van der Waals surface area (Å²) in [5.74, 6) is -0.307. The number of hydrogen-bond acceptors (Lipinski definition) is 4. The predicted molar refractivity (Wildman–Crippen MR) is 85.3 cm³/mol. The molecule has 5 nitrogen and oxygen atoms in total. The van der Waals surface area contributed by atoms with Crippen molar-refractivity contribution in [2.45, 2.75) is 6.54 Å². The summed E-state index contributed by atoms with van der Waals surface area (Å²) in [5, 5.41) is 8.88. The molecule has 110 valence electrons. The molecule has 1 amide bonds. The van der Waals surface area contributed by atoms with Crippen LogP contribution in [0.4, 0.5) is 0 Å². The number of rotatable bonds is 4. The number of benzene rings is 1. The van der Waals surface area contributed by atoms with Crippen molar-refractivity contribution < 1.29 is 4.79 Å². The van der Waals surface area contributed by atoms with E-state index >= 15 is 0 Å². The Labute approximate surface area is 130 Å². The van der Waals surface area contributed by atoms with Crippen molar-refractivity contribution in [2.75, 3.05) is 0 Å². The zero-order valence-corrected chi connectivity index (χ0v) is 12.4. The standard InChI is InChI=1S/C16H13N3O2S/c20-15-9-8-14(16(21)17-11-13-7-4-10-22-13)18-19(15)12-5-2-1-3-6-12/h1-10H,11H2,(H,17,21). The third-order valence-electron chi connectivity index (χ3n) is 3.04. The van der Waals surface area contributed by atoms with Gasteiger partial charge in [-0.05, 0) is 29.6 Å². The number of nitrogens with zero attached hydrogens (tertiary/aromatic N) is 2. The van der Waals surface area contributed by atoms with E-state index in [1.54, 1.807) is 23.5 Å². The van der Waals surface area contributed by atoms with Gasteiger partial charge in [-0.25, -0.2) is 0 Å². The topological polar surface area (TPSA) is 64.0 Å². The molecule has 0 bridgehead atoms. The van der Waals surface area contributed by atoms with E-state index in [1.165, 1.54) is 16.8 Å². The van der Waals surface area contributed by atoms with Crippen LogP contribution in [0.2, 0.25) is 0 Å². The van der Waals surface area contributed by atoms with Crippen molar-refractivity contribution in [1.82, 2.24) is 15.1 Å². The van der Waals surface area contributed by atoms with E-state index in [9.17, 15) is 9.59 Å². The quantitative estimate of drug-likeness (QED) is 0.803. The fraction of sp³-hybridized carbons (Fsp3) is 0.0625. The third kappa shape index (κ3) is 3.12. The minimum atomic E-state index is -0.307. The summed E-state index contributed by atoms with van der Waals surface area (Å²) in [7, 11) is 0. The second kappa shape index (κ2) is 6.36. The summed E-state index contributed by atoms with van der Waals surface area (Å²) in [6.45, 7) is 0.447. The van der Waals surface area contributed by atoms with Gasteiger partial charge < -0.3 is 5.32 Å². The molecule has 0 saturated carbocycles. The predicted octanol–water partition coefficient (Wildman–Crippen LogP) is 2.22. The number of carbonyl (C=O) groups is 1. The zero-order chi connectivity index (χ0) is 15.4. The van der Waals surface area contributed by atoms with Crippen molar-refractivity contribution in [1.29, 1.82) is 0 Å². The van der Waals surface area contributed by atoms with E-state index in [1.807, 2.05) is 35.7 Å². The lowest BCUT2D eigenvalue weighted by Crippen LogP contribution is -2.28. The minimum absolute atomic E-state index is 0.208. The summed E-state index contributed by atoms with van der Waals surface area (Å²) >= 11 is 1.57. The molecule has 3 rings (SSSR count). The highest BCUT2D eigenvalue weighted by atomic mass is 32.1. The number of nitrogens with one attached hydrogen (secondary N) is 1. The number of amides is 1. The summed E-state index contributed by atoms with van der Waals surface area (Å²) in [6, 6.07) is 15.7. The number of carbonyl (C=O) groups excluding carboxylic acids is 1. The molecule has 1 N–H and O–H groups in total. The van der Waals surface area contributed by atoms with Gasteiger partial charge in [0.05, 0.1) is 12.2 Å². The smallest absolute Gasteiger partial charge is 0.272 e. The lowest BCUT2D eigenvalue weighted by atomic mass is 10.3. The van der Waals surface area contributed by atoms with Gasteiger partial charge in [0.25, 0.3) is 11.5 Å². The van der Waals surface area contributed by atoms with Crippen molar-refractivity contribution in [2.24, 2.45) is 0 Å². The van der Waals surface area contributed by atoms with E-state index in [2.05, 4.69) is 10.4 Å². The van der Waals surface area contributed by atoms with E-state index < -0.39 is 0 Å². The van der Waals surface area contributed by atoms with Crippen LogP contribution in [0.1, 0.15) is 15.4 Å². The average molecular weight is 311 g/mol. The molecule has 6 heteroatoms. The number of hydrogen-bond donors (Lipinski definition) is 1. The Morgan fingerprint density at radius 2 is 1.91 bits per heavy atom. The van der Waals surface area contributed by atoms with E-state index in [0.717, 1.165) is 4.88 Å². The second-order valence-corrected chi connectivity index (χ2v) is 5.60. The van der Waals surface area contributed by atoms with Crippen molar-refractivity contribution in [3.8, 4) is 5.69 Å². The summed E-state index contributed by atoms with van der Waals surface area (Å²) in [6.07, 6.45) is 0. The van der Waals surface area contributed by atoms with Crippen molar-refractivity contribution >= 4 is 17.2 Å². The fourth-order valence-corrected chi connectivity index (χ4v) is 2.60. The van der Waals surface area contributed by atoms with Gasteiger partial charge in [0.15, 0.2) is 0 Å². The molecule has 0 aliphatic heterocycles. The van der Waals surface area contributed by atoms with E-state index in [-0.39, 0.29) is 17.2 Å². The second-order valence-electron chi connectivity index (χ2n) is 4.57. The molecule has 0 radical (unpaired) electrons. The highest BCUT2D eigenvalue weighted by Gasteiger charge is 2.10. The zero-order valence-electron chi connectivity index (χ0n) is 11.6. The Bertz CT molecular complexity index is 826. The Morgan fingerprint density at radius 3 is 2.64 bits per heavy atom. The first-order valence-electron chi connectivity index (χ1n) is 6.70. The van der Waals surface area contributed by atoms with Crippen molar-refractivity contribution in [3.05, 3.63) is 80.9 Å². The normalized spacial score (nSPS) is 10.4. The lowest BCUT2D eigenvalue weighted by molar-refractivity contribution is 0.0944. The monoisotopic (exact) mass is 311 g/mol. The van der Waals surface area contributed by atoms with Gasteiger partial charge in [0.1, 0.15) is 5.69 Å². The van der Waals surface area contributed by atoms with Gasteiger partial charge in [-0.3, -0.25) is 9.59 Å². The maximum Gasteiger partial charge on any atom is 0.272 e. The molecule has 22 heavy (non-hydrogen) atoms.